The molecule has 4 nitrogen and oxygen atoms in total. The Balaban J connectivity index is 1.96. The lowest BCUT2D eigenvalue weighted by atomic mass is 10.1. The van der Waals surface area contributed by atoms with Crippen molar-refractivity contribution < 1.29 is 13.2 Å². The minimum absolute atomic E-state index is 0.0222. The van der Waals surface area contributed by atoms with Gasteiger partial charge in [0.15, 0.2) is 0 Å². The zero-order valence-corrected chi connectivity index (χ0v) is 14.3. The first-order chi connectivity index (χ1) is 10.5. The Hall–Kier alpha value is -0.620. The van der Waals surface area contributed by atoms with Gasteiger partial charge in [-0.1, -0.05) is 24.9 Å². The smallest absolute Gasteiger partial charge is 0.243 e. The summed E-state index contributed by atoms with van der Waals surface area (Å²) in [5.74, 6) is 0.446. The molecule has 1 saturated heterocycles. The van der Waals surface area contributed by atoms with Crippen LogP contribution in [0, 0.1) is 5.92 Å². The van der Waals surface area contributed by atoms with Crippen molar-refractivity contribution in [3.05, 3.63) is 29.3 Å². The zero-order valence-electron chi connectivity index (χ0n) is 12.7. The molecule has 122 valence electrons. The van der Waals surface area contributed by atoms with E-state index in [4.69, 9.17) is 16.3 Å². The molecule has 2 unspecified atom stereocenters. The van der Waals surface area contributed by atoms with Crippen LogP contribution in [-0.2, 0) is 14.8 Å². The fraction of sp³-hybridized carbons (Fsp3) is 0.625. The van der Waals surface area contributed by atoms with Crippen LogP contribution in [0.15, 0.2) is 29.2 Å². The van der Waals surface area contributed by atoms with Crippen LogP contribution in [0.2, 0.25) is 5.02 Å². The molecule has 6 heteroatoms. The maximum atomic E-state index is 13.2. The van der Waals surface area contributed by atoms with Gasteiger partial charge in [-0.15, -0.1) is 0 Å². The highest BCUT2D eigenvalue weighted by molar-refractivity contribution is 7.89. The number of morpholine rings is 1. The second kappa shape index (κ2) is 6.48. The summed E-state index contributed by atoms with van der Waals surface area (Å²) in [6.45, 7) is 3.08. The maximum Gasteiger partial charge on any atom is 0.243 e. The molecule has 0 bridgehead atoms. The Bertz CT molecular complexity index is 611. The maximum absolute atomic E-state index is 13.2. The molecular formula is C16H22ClNO3S. The number of ether oxygens (including phenoxy) is 1. The normalized spacial score (nSPS) is 27.0. The van der Waals surface area contributed by atoms with E-state index in [0.717, 1.165) is 25.7 Å². The molecule has 1 aromatic carbocycles. The number of hydrogen-bond donors (Lipinski definition) is 0. The second-order valence-electron chi connectivity index (χ2n) is 6.17. The van der Waals surface area contributed by atoms with Crippen LogP contribution >= 0.6 is 11.6 Å². The van der Waals surface area contributed by atoms with E-state index < -0.39 is 10.0 Å². The fourth-order valence-electron chi connectivity index (χ4n) is 3.21. The van der Waals surface area contributed by atoms with Gasteiger partial charge >= 0.3 is 0 Å². The molecule has 0 aromatic heterocycles. The van der Waals surface area contributed by atoms with Gasteiger partial charge in [0.25, 0.3) is 0 Å². The Morgan fingerprint density at radius 3 is 2.50 bits per heavy atom. The number of nitrogens with zero attached hydrogens (tertiary/aromatic N) is 1. The van der Waals surface area contributed by atoms with Gasteiger partial charge in [0.1, 0.15) is 0 Å². The average molecular weight is 344 g/mol. The van der Waals surface area contributed by atoms with Crippen LogP contribution in [0.5, 0.6) is 0 Å². The molecule has 1 aliphatic carbocycles. The van der Waals surface area contributed by atoms with Crippen molar-refractivity contribution in [2.45, 2.75) is 49.6 Å². The number of hydrogen-bond acceptors (Lipinski definition) is 3. The van der Waals surface area contributed by atoms with Crippen molar-refractivity contribution in [3.8, 4) is 0 Å². The predicted octanol–water partition coefficient (Wildman–Crippen LogP) is 3.31. The minimum Gasteiger partial charge on any atom is -0.378 e. The van der Waals surface area contributed by atoms with E-state index >= 15 is 0 Å². The van der Waals surface area contributed by atoms with Gasteiger partial charge in [0, 0.05) is 11.1 Å². The van der Waals surface area contributed by atoms with Crippen molar-refractivity contribution in [1.29, 1.82) is 0 Å². The third-order valence-electron chi connectivity index (χ3n) is 4.46. The Morgan fingerprint density at radius 1 is 1.23 bits per heavy atom. The molecule has 1 aromatic rings. The van der Waals surface area contributed by atoms with Gasteiger partial charge in [0.2, 0.25) is 10.0 Å². The molecule has 22 heavy (non-hydrogen) atoms. The molecule has 0 amide bonds. The van der Waals surface area contributed by atoms with Crippen LogP contribution in [0.3, 0.4) is 0 Å². The first kappa shape index (κ1) is 16.2. The fourth-order valence-corrected chi connectivity index (χ4v) is 5.21. The second-order valence-corrected chi connectivity index (χ2v) is 8.45. The van der Waals surface area contributed by atoms with E-state index in [0.29, 0.717) is 29.0 Å². The summed E-state index contributed by atoms with van der Waals surface area (Å²) in [5, 5.41) is 0.546. The third kappa shape index (κ3) is 3.18. The molecule has 1 aliphatic heterocycles. The number of halogens is 1. The lowest BCUT2D eigenvalue weighted by Crippen LogP contribution is -2.55. The van der Waals surface area contributed by atoms with E-state index in [1.165, 1.54) is 0 Å². The van der Waals surface area contributed by atoms with Crippen LogP contribution < -0.4 is 0 Å². The molecule has 2 aliphatic rings. The standard InChI is InChI=1S/C16H22ClNO3S/c1-2-3-14-10-21-11-16(12-4-5-12)18(14)22(19,20)15-8-6-13(17)7-9-15/h6-9,12,14,16H,2-5,10-11H2,1H3. The summed E-state index contributed by atoms with van der Waals surface area (Å²) in [6, 6.07) is 6.38. The number of rotatable bonds is 5. The highest BCUT2D eigenvalue weighted by Gasteiger charge is 2.46. The zero-order chi connectivity index (χ0) is 15.7. The molecule has 3 rings (SSSR count). The molecule has 1 saturated carbocycles. The highest BCUT2D eigenvalue weighted by Crippen LogP contribution is 2.40. The van der Waals surface area contributed by atoms with E-state index in [1.807, 2.05) is 0 Å². The van der Waals surface area contributed by atoms with Gasteiger partial charge in [-0.05, 0) is 49.4 Å². The summed E-state index contributed by atoms with van der Waals surface area (Å²) >= 11 is 5.89. The summed E-state index contributed by atoms with van der Waals surface area (Å²) in [6.07, 6.45) is 3.97. The summed E-state index contributed by atoms with van der Waals surface area (Å²) in [4.78, 5) is 0.325. The molecule has 1 heterocycles. The third-order valence-corrected chi connectivity index (χ3v) is 6.71. The Morgan fingerprint density at radius 2 is 1.91 bits per heavy atom. The molecule has 0 radical (unpaired) electrons. The Kier molecular flexibility index (Phi) is 4.78. The summed E-state index contributed by atoms with van der Waals surface area (Å²) < 4.78 is 33.7. The first-order valence-electron chi connectivity index (χ1n) is 7.91. The predicted molar refractivity (Wildman–Crippen MR) is 86.5 cm³/mol. The molecular weight excluding hydrogens is 322 g/mol. The van der Waals surface area contributed by atoms with Crippen LogP contribution in [0.4, 0.5) is 0 Å². The summed E-state index contributed by atoms with van der Waals surface area (Å²) in [7, 11) is -3.51. The van der Waals surface area contributed by atoms with E-state index in [2.05, 4.69) is 6.92 Å². The van der Waals surface area contributed by atoms with Crippen molar-refractivity contribution in [2.75, 3.05) is 13.2 Å². The SMILES string of the molecule is CCCC1COCC(C2CC2)N1S(=O)(=O)c1ccc(Cl)cc1. The average Bonchev–Trinajstić information content (AvgIpc) is 3.32. The number of sulfonamides is 1. The van der Waals surface area contributed by atoms with Gasteiger partial charge in [-0.25, -0.2) is 8.42 Å². The topological polar surface area (TPSA) is 46.6 Å². The highest BCUT2D eigenvalue weighted by atomic mass is 35.5. The Labute approximate surface area is 137 Å². The van der Waals surface area contributed by atoms with Crippen LogP contribution in [0.1, 0.15) is 32.6 Å². The van der Waals surface area contributed by atoms with Crippen molar-refractivity contribution in [1.82, 2.24) is 4.31 Å². The minimum atomic E-state index is -3.51. The molecule has 2 atom stereocenters. The van der Waals surface area contributed by atoms with Gasteiger partial charge in [-0.2, -0.15) is 4.31 Å². The van der Waals surface area contributed by atoms with Crippen LogP contribution in [-0.4, -0.2) is 38.0 Å². The molecule has 0 spiro atoms. The van der Waals surface area contributed by atoms with Gasteiger partial charge in [0.05, 0.1) is 24.2 Å². The van der Waals surface area contributed by atoms with Gasteiger partial charge in [-0.3, -0.25) is 0 Å². The van der Waals surface area contributed by atoms with Crippen LogP contribution in [0.25, 0.3) is 0 Å². The lowest BCUT2D eigenvalue weighted by molar-refractivity contribution is -0.0159. The number of benzene rings is 1. The summed E-state index contributed by atoms with van der Waals surface area (Å²) in [5.41, 5.74) is 0. The van der Waals surface area contributed by atoms with E-state index in [9.17, 15) is 8.42 Å². The van der Waals surface area contributed by atoms with Gasteiger partial charge < -0.3 is 4.74 Å². The van der Waals surface area contributed by atoms with E-state index in [-0.39, 0.29) is 12.1 Å². The quantitative estimate of drug-likeness (QED) is 0.824. The molecule has 0 N–H and O–H groups in total. The monoisotopic (exact) mass is 343 g/mol. The van der Waals surface area contributed by atoms with Crippen molar-refractivity contribution in [3.63, 3.8) is 0 Å². The first-order valence-corrected chi connectivity index (χ1v) is 9.72. The van der Waals surface area contributed by atoms with E-state index in [1.54, 1.807) is 28.6 Å². The largest absolute Gasteiger partial charge is 0.378 e. The molecule has 2 fully saturated rings. The van der Waals surface area contributed by atoms with Crippen molar-refractivity contribution >= 4 is 21.6 Å². The van der Waals surface area contributed by atoms with Crippen molar-refractivity contribution in [2.24, 2.45) is 5.92 Å². The lowest BCUT2D eigenvalue weighted by Gasteiger charge is -2.41.